The number of benzene rings is 3. The van der Waals surface area contributed by atoms with Gasteiger partial charge in [-0.25, -0.2) is 4.79 Å². The molecule has 0 saturated heterocycles. The summed E-state index contributed by atoms with van der Waals surface area (Å²) in [6.45, 7) is 3.55. The van der Waals surface area contributed by atoms with E-state index in [9.17, 15) is 17.8 Å². The summed E-state index contributed by atoms with van der Waals surface area (Å²) >= 11 is 0. The Morgan fingerprint density at radius 2 is 1.18 bits per heavy atom. The van der Waals surface area contributed by atoms with Gasteiger partial charge in [-0.15, -0.1) is 0 Å². The molecule has 0 amide bonds. The Kier molecular flexibility index (Phi) is 8.02. The molecule has 0 heterocycles. The normalized spacial score (nSPS) is 12.8. The molecule has 172 valence electrons. The summed E-state index contributed by atoms with van der Waals surface area (Å²) in [5.74, 6) is -1.05. The van der Waals surface area contributed by atoms with Gasteiger partial charge >= 0.3 is 5.97 Å². The van der Waals surface area contributed by atoms with Crippen molar-refractivity contribution >= 4 is 39.7 Å². The van der Waals surface area contributed by atoms with E-state index in [-0.39, 0.29) is 18.4 Å². The first kappa shape index (κ1) is 24.6. The molecular weight excluding hydrogens is 452 g/mol. The molecule has 33 heavy (non-hydrogen) atoms. The minimum absolute atomic E-state index is 0.0936. The van der Waals surface area contributed by atoms with Gasteiger partial charge in [0.25, 0.3) is 10.1 Å². The van der Waals surface area contributed by atoms with E-state index in [1.165, 1.54) is 0 Å². The van der Waals surface area contributed by atoms with Crippen LogP contribution in [-0.4, -0.2) is 37.0 Å². The lowest BCUT2D eigenvalue weighted by molar-refractivity contribution is -0.132. The number of unbranched alkanes of at least 4 members (excludes halogenated alkanes) is 1. The molecule has 0 aliphatic heterocycles. The number of carboxylic acids is 1. The molecule has 5 nitrogen and oxygen atoms in total. The van der Waals surface area contributed by atoms with Crippen molar-refractivity contribution in [1.82, 2.24) is 0 Å². The molecule has 3 aromatic carbocycles. The Hall–Kier alpha value is -3.00. The molecule has 0 saturated carbocycles. The van der Waals surface area contributed by atoms with Crippen molar-refractivity contribution in [2.75, 3.05) is 0 Å². The molecular formula is C26H28O5SSi. The van der Waals surface area contributed by atoms with Crippen LogP contribution in [0.1, 0.15) is 25.7 Å². The summed E-state index contributed by atoms with van der Waals surface area (Å²) in [7, 11) is -7.73. The Morgan fingerprint density at radius 3 is 1.52 bits per heavy atom. The monoisotopic (exact) mass is 480 g/mol. The van der Waals surface area contributed by atoms with E-state index in [0.29, 0.717) is 12.8 Å². The van der Waals surface area contributed by atoms with Crippen LogP contribution in [0.5, 0.6) is 0 Å². The molecule has 0 aliphatic rings. The van der Waals surface area contributed by atoms with E-state index in [0.717, 1.165) is 15.6 Å². The van der Waals surface area contributed by atoms with Gasteiger partial charge in [-0.1, -0.05) is 104 Å². The second kappa shape index (κ2) is 10.7. The molecule has 3 rings (SSSR count). The third-order valence-corrected chi connectivity index (χ3v) is 13.9. The lowest BCUT2D eigenvalue weighted by atomic mass is 10.1. The Balaban J connectivity index is 2.19. The molecule has 0 fully saturated rings. The zero-order valence-electron chi connectivity index (χ0n) is 18.3. The highest BCUT2D eigenvalue weighted by Gasteiger charge is 2.51. The van der Waals surface area contributed by atoms with Crippen molar-refractivity contribution in [2.24, 2.45) is 0 Å². The van der Waals surface area contributed by atoms with Crippen molar-refractivity contribution in [3.05, 3.63) is 103 Å². The minimum atomic E-state index is -4.46. The summed E-state index contributed by atoms with van der Waals surface area (Å²) in [5, 5.41) is 11.7. The van der Waals surface area contributed by atoms with Gasteiger partial charge in [0.05, 0.1) is 4.87 Å². The molecule has 1 unspecified atom stereocenters. The highest BCUT2D eigenvalue weighted by atomic mass is 32.2. The predicted octanol–water partition coefficient (Wildman–Crippen LogP) is 3.15. The summed E-state index contributed by atoms with van der Waals surface area (Å²) in [6.07, 6.45) is 1.39. The van der Waals surface area contributed by atoms with Crippen molar-refractivity contribution in [2.45, 2.75) is 30.6 Å². The van der Waals surface area contributed by atoms with Crippen LogP contribution in [0.15, 0.2) is 103 Å². The number of hydrogen-bond acceptors (Lipinski definition) is 3. The van der Waals surface area contributed by atoms with Crippen LogP contribution in [0.2, 0.25) is 0 Å². The van der Waals surface area contributed by atoms with Crippen molar-refractivity contribution in [1.29, 1.82) is 0 Å². The maximum Gasteiger partial charge on any atom is 0.330 e. The Labute approximate surface area is 196 Å². The van der Waals surface area contributed by atoms with E-state index in [1.807, 2.05) is 91.0 Å². The van der Waals surface area contributed by atoms with E-state index in [4.69, 9.17) is 5.11 Å². The quantitative estimate of drug-likeness (QED) is 0.145. The summed E-state index contributed by atoms with van der Waals surface area (Å²) in [6, 6.07) is 28.6. The number of hydrogen-bond donors (Lipinski definition) is 2. The lowest BCUT2D eigenvalue weighted by Gasteiger charge is -2.39. The van der Waals surface area contributed by atoms with Crippen LogP contribution in [0, 0.1) is 0 Å². The van der Waals surface area contributed by atoms with Gasteiger partial charge in [0, 0.05) is 5.57 Å². The van der Waals surface area contributed by atoms with Gasteiger partial charge in [0.15, 0.2) is 8.07 Å². The number of carbonyl (C=O) groups is 1. The third kappa shape index (κ3) is 5.50. The first-order chi connectivity index (χ1) is 15.8. The fourth-order valence-corrected chi connectivity index (χ4v) is 12.9. The zero-order chi connectivity index (χ0) is 23.9. The van der Waals surface area contributed by atoms with Crippen LogP contribution in [0.3, 0.4) is 0 Å². The first-order valence-corrected chi connectivity index (χ1v) is 14.4. The molecule has 3 aromatic rings. The molecule has 2 N–H and O–H groups in total. The molecule has 1 atom stereocenters. The van der Waals surface area contributed by atoms with E-state index in [2.05, 4.69) is 6.58 Å². The summed E-state index contributed by atoms with van der Waals surface area (Å²) in [5.41, 5.74) is 0.0936. The second-order valence-electron chi connectivity index (χ2n) is 8.06. The standard InChI is InChI=1S/C26H28O5SSi/c1-21(26(27)28)13-11-12-20-25(32(29,30)31)33(22-14-5-2-6-15-22,23-16-7-3-8-17-23)24-18-9-4-10-19-24/h2-10,14-19,25H,1,11-13,20H2,(H,27,28)(H,29,30,31). The fourth-order valence-electron chi connectivity index (χ4n) is 4.52. The molecule has 0 spiro atoms. The highest BCUT2D eigenvalue weighted by Crippen LogP contribution is 2.24. The van der Waals surface area contributed by atoms with Crippen LogP contribution < -0.4 is 15.6 Å². The number of carboxylic acid groups (broad SMARTS) is 1. The minimum Gasteiger partial charge on any atom is -0.478 e. The molecule has 0 aliphatic carbocycles. The van der Waals surface area contributed by atoms with E-state index >= 15 is 0 Å². The fraction of sp³-hybridized carbons (Fsp3) is 0.192. The van der Waals surface area contributed by atoms with E-state index in [1.54, 1.807) is 0 Å². The van der Waals surface area contributed by atoms with E-state index < -0.39 is 29.0 Å². The van der Waals surface area contributed by atoms with Gasteiger partial charge in [-0.05, 0) is 34.8 Å². The summed E-state index contributed by atoms with van der Waals surface area (Å²) in [4.78, 5) is 10.0. The molecule has 7 heteroatoms. The lowest BCUT2D eigenvalue weighted by Crippen LogP contribution is -2.75. The van der Waals surface area contributed by atoms with Gasteiger partial charge in [-0.3, -0.25) is 4.55 Å². The maximum absolute atomic E-state index is 13.0. The van der Waals surface area contributed by atoms with Crippen LogP contribution in [0.25, 0.3) is 0 Å². The Morgan fingerprint density at radius 1 is 0.788 bits per heavy atom. The Bertz CT molecular complexity index is 1080. The smallest absolute Gasteiger partial charge is 0.330 e. The molecule has 0 aromatic heterocycles. The van der Waals surface area contributed by atoms with Crippen LogP contribution >= 0.6 is 0 Å². The second-order valence-corrected chi connectivity index (χ2v) is 14.1. The maximum atomic E-state index is 13.0. The largest absolute Gasteiger partial charge is 0.478 e. The van der Waals surface area contributed by atoms with Crippen molar-refractivity contribution in [3.8, 4) is 0 Å². The third-order valence-electron chi connectivity index (χ3n) is 6.03. The molecule has 0 radical (unpaired) electrons. The predicted molar refractivity (Wildman–Crippen MR) is 135 cm³/mol. The zero-order valence-corrected chi connectivity index (χ0v) is 20.1. The van der Waals surface area contributed by atoms with Gasteiger partial charge in [0.1, 0.15) is 0 Å². The van der Waals surface area contributed by atoms with Crippen LogP contribution in [-0.2, 0) is 14.9 Å². The summed E-state index contributed by atoms with van der Waals surface area (Å²) < 4.78 is 36.6. The number of rotatable bonds is 11. The van der Waals surface area contributed by atoms with Crippen molar-refractivity contribution in [3.63, 3.8) is 0 Å². The van der Waals surface area contributed by atoms with Gasteiger partial charge < -0.3 is 5.11 Å². The molecule has 0 bridgehead atoms. The average Bonchev–Trinajstić information content (AvgIpc) is 2.82. The highest BCUT2D eigenvalue weighted by molar-refractivity contribution is 7.89. The topological polar surface area (TPSA) is 91.7 Å². The number of aliphatic carboxylic acids is 1. The van der Waals surface area contributed by atoms with Crippen LogP contribution in [0.4, 0.5) is 0 Å². The van der Waals surface area contributed by atoms with Gasteiger partial charge in [0.2, 0.25) is 0 Å². The SMILES string of the molecule is C=C(CCCCC([Si](c1ccccc1)(c1ccccc1)c1ccccc1)S(=O)(=O)O)C(=O)O. The first-order valence-electron chi connectivity index (χ1n) is 10.8. The van der Waals surface area contributed by atoms with Gasteiger partial charge in [-0.2, -0.15) is 8.42 Å². The van der Waals surface area contributed by atoms with Crippen molar-refractivity contribution < 1.29 is 22.9 Å². The average molecular weight is 481 g/mol.